The van der Waals surface area contributed by atoms with Crippen LogP contribution in [0.4, 0.5) is 0 Å². The topological polar surface area (TPSA) is 82.2 Å². The first kappa shape index (κ1) is 8.96. The molecule has 12 heavy (non-hydrogen) atoms. The highest BCUT2D eigenvalue weighted by atomic mass is 32.2. The SMILES string of the molecule is CSc1nnc(C(C#N)=NO)s1. The van der Waals surface area contributed by atoms with E-state index in [0.717, 1.165) is 4.34 Å². The maximum atomic E-state index is 8.45. The van der Waals surface area contributed by atoms with E-state index in [1.807, 2.05) is 6.26 Å². The lowest BCUT2D eigenvalue weighted by Crippen LogP contribution is -1.95. The minimum Gasteiger partial charge on any atom is -0.410 e. The van der Waals surface area contributed by atoms with Gasteiger partial charge in [-0.3, -0.25) is 0 Å². The largest absolute Gasteiger partial charge is 0.410 e. The number of rotatable bonds is 2. The van der Waals surface area contributed by atoms with Crippen molar-refractivity contribution in [3.05, 3.63) is 5.01 Å². The lowest BCUT2D eigenvalue weighted by atomic mass is 10.4. The van der Waals surface area contributed by atoms with Gasteiger partial charge in [-0.2, -0.15) is 5.26 Å². The third-order valence-electron chi connectivity index (χ3n) is 0.990. The molecule has 1 heterocycles. The molecule has 1 N–H and O–H groups in total. The molecule has 62 valence electrons. The summed E-state index contributed by atoms with van der Waals surface area (Å²) in [7, 11) is 0. The van der Waals surface area contributed by atoms with Crippen molar-refractivity contribution in [2.45, 2.75) is 4.34 Å². The number of hydrogen-bond acceptors (Lipinski definition) is 7. The van der Waals surface area contributed by atoms with Crippen LogP contribution in [0.25, 0.3) is 0 Å². The Hall–Kier alpha value is -1.13. The summed E-state index contributed by atoms with van der Waals surface area (Å²) >= 11 is 2.64. The molecule has 0 aliphatic heterocycles. The zero-order valence-corrected chi connectivity index (χ0v) is 7.69. The first-order chi connectivity index (χ1) is 5.81. The highest BCUT2D eigenvalue weighted by Gasteiger charge is 2.09. The molecule has 0 aliphatic carbocycles. The normalized spacial score (nSPS) is 11.2. The Bertz CT molecular complexity index is 339. The van der Waals surface area contributed by atoms with Gasteiger partial charge in [0.2, 0.25) is 5.71 Å². The Balaban J connectivity index is 2.97. The molecule has 1 rings (SSSR count). The molecule has 0 aromatic carbocycles. The Labute approximate surface area is 76.7 Å². The van der Waals surface area contributed by atoms with Gasteiger partial charge in [0.05, 0.1) is 0 Å². The van der Waals surface area contributed by atoms with Crippen LogP contribution in [0.5, 0.6) is 0 Å². The summed E-state index contributed by atoms with van der Waals surface area (Å²) in [6, 6.07) is 1.70. The van der Waals surface area contributed by atoms with Crippen LogP contribution in [0.15, 0.2) is 9.50 Å². The Morgan fingerprint density at radius 1 is 1.75 bits per heavy atom. The average Bonchev–Trinajstić information content (AvgIpc) is 2.55. The summed E-state index contributed by atoms with van der Waals surface area (Å²) < 4.78 is 0.737. The first-order valence-corrected chi connectivity index (χ1v) is 4.86. The van der Waals surface area contributed by atoms with Crippen molar-refractivity contribution >= 4 is 28.8 Å². The summed E-state index contributed by atoms with van der Waals surface area (Å²) in [4.78, 5) is 0. The molecule has 7 heteroatoms. The molecule has 0 spiro atoms. The number of hydrogen-bond donors (Lipinski definition) is 1. The third kappa shape index (κ3) is 1.72. The molecule has 0 radical (unpaired) electrons. The third-order valence-corrected chi connectivity index (χ3v) is 2.90. The zero-order chi connectivity index (χ0) is 8.97. The average molecular weight is 200 g/mol. The molecular weight excluding hydrogens is 196 g/mol. The summed E-state index contributed by atoms with van der Waals surface area (Å²) in [6.07, 6.45) is 1.85. The second-order valence-electron chi connectivity index (χ2n) is 1.64. The Morgan fingerprint density at radius 2 is 2.50 bits per heavy atom. The van der Waals surface area contributed by atoms with Gasteiger partial charge in [0.1, 0.15) is 6.07 Å². The molecule has 1 aromatic heterocycles. The van der Waals surface area contributed by atoms with Gasteiger partial charge in [-0.15, -0.1) is 10.2 Å². The highest BCUT2D eigenvalue weighted by molar-refractivity contribution is 8.00. The predicted octanol–water partition coefficient (Wildman–Crippen LogP) is 0.962. The summed E-state index contributed by atoms with van der Waals surface area (Å²) in [5.41, 5.74) is -0.104. The van der Waals surface area contributed by atoms with E-state index < -0.39 is 0 Å². The van der Waals surface area contributed by atoms with Crippen molar-refractivity contribution < 1.29 is 5.21 Å². The van der Waals surface area contributed by atoms with E-state index in [1.165, 1.54) is 23.1 Å². The Kier molecular flexibility index (Phi) is 3.01. The van der Waals surface area contributed by atoms with Gasteiger partial charge in [-0.25, -0.2) is 0 Å². The van der Waals surface area contributed by atoms with E-state index in [0.29, 0.717) is 5.01 Å². The smallest absolute Gasteiger partial charge is 0.217 e. The van der Waals surface area contributed by atoms with Crippen LogP contribution in [0.2, 0.25) is 0 Å². The number of nitrogens with zero attached hydrogens (tertiary/aromatic N) is 4. The summed E-state index contributed by atoms with van der Waals surface area (Å²) in [5.74, 6) is 0. The second-order valence-corrected chi connectivity index (χ2v) is 3.67. The molecule has 0 fully saturated rings. The van der Waals surface area contributed by atoms with Gasteiger partial charge in [-0.05, 0) is 6.26 Å². The highest BCUT2D eigenvalue weighted by Crippen LogP contribution is 2.19. The molecule has 0 atom stereocenters. The molecule has 0 unspecified atom stereocenters. The zero-order valence-electron chi connectivity index (χ0n) is 6.05. The summed E-state index contributed by atoms with van der Waals surface area (Å²) in [6.45, 7) is 0. The van der Waals surface area contributed by atoms with Gasteiger partial charge in [0.25, 0.3) is 0 Å². The number of oxime groups is 1. The quantitative estimate of drug-likeness (QED) is 0.333. The van der Waals surface area contributed by atoms with Crippen LogP contribution in [-0.4, -0.2) is 27.4 Å². The molecule has 0 amide bonds. The Morgan fingerprint density at radius 3 is 2.92 bits per heavy atom. The van der Waals surface area contributed by atoms with Gasteiger partial charge in [-0.1, -0.05) is 28.3 Å². The van der Waals surface area contributed by atoms with Crippen molar-refractivity contribution in [3.8, 4) is 6.07 Å². The standard InChI is InChI=1S/C5H4N4OS2/c1-11-5-8-7-4(12-5)3(2-6)9-10/h10H,1H3. The number of aromatic nitrogens is 2. The van der Waals surface area contributed by atoms with E-state index in [9.17, 15) is 0 Å². The minimum absolute atomic E-state index is 0.104. The molecule has 0 bridgehead atoms. The first-order valence-electron chi connectivity index (χ1n) is 2.82. The van der Waals surface area contributed by atoms with Gasteiger partial charge in [0.15, 0.2) is 9.35 Å². The molecule has 0 aliphatic rings. The van der Waals surface area contributed by atoms with Crippen molar-refractivity contribution in [3.63, 3.8) is 0 Å². The molecule has 0 saturated carbocycles. The van der Waals surface area contributed by atoms with E-state index in [-0.39, 0.29) is 5.71 Å². The van der Waals surface area contributed by atoms with Gasteiger partial charge in [0, 0.05) is 0 Å². The van der Waals surface area contributed by atoms with Crippen LogP contribution in [0, 0.1) is 11.3 Å². The maximum absolute atomic E-state index is 8.45. The van der Waals surface area contributed by atoms with Gasteiger partial charge < -0.3 is 5.21 Å². The monoisotopic (exact) mass is 200 g/mol. The second kappa shape index (κ2) is 4.04. The van der Waals surface area contributed by atoms with Crippen LogP contribution in [0.3, 0.4) is 0 Å². The fraction of sp³-hybridized carbons (Fsp3) is 0.200. The fourth-order valence-electron chi connectivity index (χ4n) is 0.501. The maximum Gasteiger partial charge on any atom is 0.217 e. The van der Waals surface area contributed by atoms with Crippen molar-refractivity contribution in [1.29, 1.82) is 5.26 Å². The lowest BCUT2D eigenvalue weighted by molar-refractivity contribution is 0.320. The van der Waals surface area contributed by atoms with E-state index >= 15 is 0 Å². The van der Waals surface area contributed by atoms with Crippen molar-refractivity contribution in [2.24, 2.45) is 5.16 Å². The van der Waals surface area contributed by atoms with Crippen molar-refractivity contribution in [1.82, 2.24) is 10.2 Å². The van der Waals surface area contributed by atoms with E-state index in [2.05, 4.69) is 15.4 Å². The molecular formula is C5H4N4OS2. The molecule has 0 saturated heterocycles. The van der Waals surface area contributed by atoms with E-state index in [4.69, 9.17) is 10.5 Å². The predicted molar refractivity (Wildman–Crippen MR) is 45.6 cm³/mol. The van der Waals surface area contributed by atoms with Crippen LogP contribution in [-0.2, 0) is 0 Å². The van der Waals surface area contributed by atoms with Crippen LogP contribution < -0.4 is 0 Å². The van der Waals surface area contributed by atoms with Crippen LogP contribution >= 0.6 is 23.1 Å². The van der Waals surface area contributed by atoms with Crippen LogP contribution in [0.1, 0.15) is 5.01 Å². The van der Waals surface area contributed by atoms with Gasteiger partial charge >= 0.3 is 0 Å². The summed E-state index contributed by atoms with van der Waals surface area (Å²) in [5, 5.41) is 27.3. The van der Waals surface area contributed by atoms with Crippen molar-refractivity contribution in [2.75, 3.05) is 6.26 Å². The fourth-order valence-corrected chi connectivity index (χ4v) is 1.71. The molecule has 1 aromatic rings. The molecule has 5 nitrogen and oxygen atoms in total. The number of thioether (sulfide) groups is 1. The minimum atomic E-state index is -0.104. The lowest BCUT2D eigenvalue weighted by Gasteiger charge is -1.82. The number of nitriles is 1. The van der Waals surface area contributed by atoms with E-state index in [1.54, 1.807) is 6.07 Å².